The molecule has 0 aliphatic rings. The molecule has 0 fully saturated rings. The van der Waals surface area contributed by atoms with Crippen molar-refractivity contribution in [2.75, 3.05) is 18.4 Å². The highest BCUT2D eigenvalue weighted by Gasteiger charge is 2.23. The Morgan fingerprint density at radius 1 is 0.783 bits per heavy atom. The van der Waals surface area contributed by atoms with Crippen LogP contribution in [0.15, 0.2) is 70.1 Å². The number of fused-ring (bicyclic) bond motifs is 1. The molecule has 0 spiro atoms. The first-order chi connectivity index (χ1) is 21.5. The van der Waals surface area contributed by atoms with E-state index in [1.54, 1.807) is 59.7 Å². The van der Waals surface area contributed by atoms with E-state index in [9.17, 15) is 24.0 Å². The average Bonchev–Trinajstić information content (AvgIpc) is 2.95. The van der Waals surface area contributed by atoms with Crippen LogP contribution in [0.3, 0.4) is 0 Å². The lowest BCUT2D eigenvalue weighted by Gasteiger charge is -2.22. The molecule has 0 bridgehead atoms. The number of carbonyl (C=O) groups is 5. The van der Waals surface area contributed by atoms with Gasteiger partial charge in [-0.2, -0.15) is 0 Å². The number of Topliss-reactive ketones (excluding diaryl/α,β-unsaturated/α-hetero) is 1. The number of aliphatic imine (C=N–C) groups is 1. The van der Waals surface area contributed by atoms with E-state index in [1.165, 1.54) is 12.1 Å². The molecule has 3 rings (SSSR count). The summed E-state index contributed by atoms with van der Waals surface area (Å²) in [6.07, 6.45) is -1.42. The number of benzene rings is 3. The Hall–Kier alpha value is -4.78. The number of hydrogen-bond donors (Lipinski definition) is 4. The van der Waals surface area contributed by atoms with Gasteiger partial charge in [-0.1, -0.05) is 46.3 Å². The lowest BCUT2D eigenvalue weighted by molar-refractivity contribution is -0.117. The molecule has 4 N–H and O–H groups in total. The Morgan fingerprint density at radius 3 is 2.00 bits per heavy atom. The third kappa shape index (κ3) is 11.6. The molecule has 0 unspecified atom stereocenters. The van der Waals surface area contributed by atoms with Gasteiger partial charge in [0.15, 0.2) is 0 Å². The summed E-state index contributed by atoms with van der Waals surface area (Å²) in [7, 11) is 0. The van der Waals surface area contributed by atoms with Crippen molar-refractivity contribution in [3.05, 3.63) is 76.3 Å². The molecule has 0 aromatic heterocycles. The summed E-state index contributed by atoms with van der Waals surface area (Å²) in [5, 5.41) is 11.9. The summed E-state index contributed by atoms with van der Waals surface area (Å²) in [5.41, 5.74) is -0.995. The van der Waals surface area contributed by atoms with E-state index in [2.05, 4.69) is 42.2 Å². The highest BCUT2D eigenvalue weighted by atomic mass is 79.9. The van der Waals surface area contributed by atoms with E-state index in [0.29, 0.717) is 10.0 Å². The summed E-state index contributed by atoms with van der Waals surface area (Å²) >= 11 is 3.32. The lowest BCUT2D eigenvalue weighted by Crippen LogP contribution is -2.47. The Balaban J connectivity index is 1.62. The van der Waals surface area contributed by atoms with Crippen LogP contribution in [0.25, 0.3) is 10.8 Å². The fourth-order valence-corrected chi connectivity index (χ4v) is 4.28. The molecule has 46 heavy (non-hydrogen) atoms. The highest BCUT2D eigenvalue weighted by Crippen LogP contribution is 2.23. The van der Waals surface area contributed by atoms with Crippen molar-refractivity contribution in [2.45, 2.75) is 59.2 Å². The van der Waals surface area contributed by atoms with E-state index >= 15 is 0 Å². The molecule has 0 heterocycles. The monoisotopic (exact) mass is 695 g/mol. The number of nitrogens with zero attached hydrogens (tertiary/aromatic N) is 1. The molecule has 0 atom stereocenters. The van der Waals surface area contributed by atoms with Gasteiger partial charge in [-0.25, -0.2) is 9.59 Å². The van der Waals surface area contributed by atoms with Gasteiger partial charge in [-0.15, -0.1) is 0 Å². The van der Waals surface area contributed by atoms with Crippen LogP contribution in [0.1, 0.15) is 68.7 Å². The summed E-state index contributed by atoms with van der Waals surface area (Å²) < 4.78 is 11.0. The molecule has 0 aliphatic heterocycles. The van der Waals surface area contributed by atoms with Gasteiger partial charge in [0.25, 0.3) is 17.6 Å². The van der Waals surface area contributed by atoms with E-state index < -0.39 is 41.0 Å². The Labute approximate surface area is 275 Å². The fourth-order valence-electron chi connectivity index (χ4n) is 3.92. The second-order valence-electron chi connectivity index (χ2n) is 12.1. The van der Waals surface area contributed by atoms with Gasteiger partial charge in [0, 0.05) is 23.1 Å². The van der Waals surface area contributed by atoms with Gasteiger partial charge >= 0.3 is 12.2 Å². The number of ether oxygens (including phenoxy) is 2. The van der Waals surface area contributed by atoms with Crippen molar-refractivity contribution in [1.29, 1.82) is 0 Å². The van der Waals surface area contributed by atoms with Crippen molar-refractivity contribution in [3.63, 3.8) is 0 Å². The predicted molar refractivity (Wildman–Crippen MR) is 179 cm³/mol. The van der Waals surface area contributed by atoms with Gasteiger partial charge in [0.2, 0.25) is 5.96 Å². The topological polar surface area (TPSA) is 164 Å². The number of halogens is 1. The minimum atomic E-state index is -0.887. The van der Waals surface area contributed by atoms with Crippen LogP contribution in [0.5, 0.6) is 0 Å². The third-order valence-electron chi connectivity index (χ3n) is 5.82. The maximum atomic E-state index is 13.1. The zero-order chi connectivity index (χ0) is 34.1. The Kier molecular flexibility index (Phi) is 12.0. The molecule has 3 aromatic rings. The number of ketones is 1. The lowest BCUT2D eigenvalue weighted by atomic mass is 10.1. The number of alkyl carbamates (subject to hydrolysis) is 2. The van der Waals surface area contributed by atoms with Crippen molar-refractivity contribution >= 4 is 68.1 Å². The molecule has 0 saturated carbocycles. The third-order valence-corrected chi connectivity index (χ3v) is 6.31. The molecular weight excluding hydrogens is 658 g/mol. The first kappa shape index (κ1) is 35.7. The fraction of sp³-hybridized carbons (Fsp3) is 0.333. The van der Waals surface area contributed by atoms with Crippen LogP contribution >= 0.6 is 15.9 Å². The zero-order valence-corrected chi connectivity index (χ0v) is 28.2. The van der Waals surface area contributed by atoms with Gasteiger partial charge in [-0.05, 0) is 89.1 Å². The second-order valence-corrected chi connectivity index (χ2v) is 13.0. The Bertz CT molecular complexity index is 1630. The van der Waals surface area contributed by atoms with Crippen LogP contribution in [0.2, 0.25) is 0 Å². The minimum Gasteiger partial charge on any atom is -0.444 e. The van der Waals surface area contributed by atoms with Gasteiger partial charge in [-0.3, -0.25) is 30.0 Å². The van der Waals surface area contributed by atoms with Crippen LogP contribution < -0.4 is 21.3 Å². The van der Waals surface area contributed by atoms with Crippen LogP contribution in [-0.4, -0.2) is 60.0 Å². The van der Waals surface area contributed by atoms with Gasteiger partial charge < -0.3 is 20.1 Å². The summed E-state index contributed by atoms with van der Waals surface area (Å²) in [6, 6.07) is 17.5. The van der Waals surface area contributed by atoms with Crippen molar-refractivity contribution in [1.82, 2.24) is 16.0 Å². The largest absolute Gasteiger partial charge is 0.444 e. The maximum Gasteiger partial charge on any atom is 0.414 e. The SMILES string of the molecule is CC(C)(C)OC(=O)NC(=NCCCNC(=O)C(=O)c1cc(Br)ccc1NC(=O)c1ccc2ccccc2c1)NC(=O)OC(C)(C)C. The molecule has 12 nitrogen and oxygen atoms in total. The van der Waals surface area contributed by atoms with Crippen LogP contribution in [-0.2, 0) is 14.3 Å². The molecule has 3 aromatic carbocycles. The number of guanidine groups is 1. The number of hydrogen-bond acceptors (Lipinski definition) is 8. The van der Waals surface area contributed by atoms with Crippen molar-refractivity contribution in [2.24, 2.45) is 4.99 Å². The molecule has 0 radical (unpaired) electrons. The van der Waals surface area contributed by atoms with E-state index in [-0.39, 0.29) is 36.7 Å². The minimum absolute atomic E-state index is 0.00411. The van der Waals surface area contributed by atoms with Crippen LogP contribution in [0.4, 0.5) is 15.3 Å². The smallest absolute Gasteiger partial charge is 0.414 e. The molecule has 13 heteroatoms. The number of anilines is 1. The van der Waals surface area contributed by atoms with E-state index in [4.69, 9.17) is 9.47 Å². The van der Waals surface area contributed by atoms with Crippen molar-refractivity contribution < 1.29 is 33.4 Å². The first-order valence-electron chi connectivity index (χ1n) is 14.5. The van der Waals surface area contributed by atoms with Gasteiger partial charge in [0.1, 0.15) is 11.2 Å². The molecule has 0 saturated heterocycles. The Morgan fingerprint density at radius 2 is 1.39 bits per heavy atom. The standard InChI is InChI=1S/C33H38BrN5O7/c1-32(2,3)45-30(43)38-29(39-31(44)46-33(4,5)6)36-17-9-16-35-28(42)26(40)24-19-23(34)14-15-25(24)37-27(41)22-13-12-20-10-7-8-11-21(20)18-22/h7-8,10-15,18-19H,9,16-17H2,1-6H3,(H,35,42)(H,37,41)(H2,36,38,39,43,44). The number of carbonyl (C=O) groups excluding carboxylic acids is 5. The van der Waals surface area contributed by atoms with Crippen LogP contribution in [0, 0.1) is 0 Å². The first-order valence-corrected chi connectivity index (χ1v) is 15.3. The molecule has 244 valence electrons. The maximum absolute atomic E-state index is 13.1. The number of amides is 4. The van der Waals surface area contributed by atoms with E-state index in [1.807, 2.05) is 30.3 Å². The number of nitrogens with one attached hydrogen (secondary N) is 4. The zero-order valence-electron chi connectivity index (χ0n) is 26.6. The number of rotatable bonds is 8. The summed E-state index contributed by atoms with van der Waals surface area (Å²) in [6.45, 7) is 10.2. The highest BCUT2D eigenvalue weighted by molar-refractivity contribution is 9.10. The second kappa shape index (κ2) is 15.5. The normalized spacial score (nSPS) is 11.2. The average molecular weight is 697 g/mol. The predicted octanol–water partition coefficient (Wildman–Crippen LogP) is 5.95. The van der Waals surface area contributed by atoms with Crippen molar-refractivity contribution in [3.8, 4) is 0 Å². The van der Waals surface area contributed by atoms with E-state index in [0.717, 1.165) is 10.8 Å². The van der Waals surface area contributed by atoms with Gasteiger partial charge in [0.05, 0.1) is 11.3 Å². The molecule has 4 amide bonds. The quantitative estimate of drug-likeness (QED) is 0.0744. The molecule has 0 aliphatic carbocycles. The summed E-state index contributed by atoms with van der Waals surface area (Å²) in [4.78, 5) is 67.6. The summed E-state index contributed by atoms with van der Waals surface area (Å²) in [5.74, 6) is -2.37. The molecular formula is C33H38BrN5O7.